The summed E-state index contributed by atoms with van der Waals surface area (Å²) >= 11 is 0. The van der Waals surface area contributed by atoms with E-state index in [2.05, 4.69) is 33.5 Å². The molecule has 0 radical (unpaired) electrons. The number of nitrogens with two attached hydrogens (primary N) is 1. The number of nitrogen functional groups attached to an aromatic ring is 1. The summed E-state index contributed by atoms with van der Waals surface area (Å²) in [4.78, 5) is 8.14. The lowest BCUT2D eigenvalue weighted by molar-refractivity contribution is 0.538. The van der Waals surface area contributed by atoms with Gasteiger partial charge in [-0.3, -0.25) is 0 Å². The molecule has 0 spiro atoms. The summed E-state index contributed by atoms with van der Waals surface area (Å²) in [6, 6.07) is 0.392. The van der Waals surface area contributed by atoms with Gasteiger partial charge in [-0.1, -0.05) is 0 Å². The molecule has 0 atom stereocenters. The zero-order chi connectivity index (χ0) is 10.8. The maximum absolute atomic E-state index is 5.44. The van der Waals surface area contributed by atoms with Crippen molar-refractivity contribution < 1.29 is 0 Å². The van der Waals surface area contributed by atoms with Crippen molar-refractivity contribution in [3.63, 3.8) is 0 Å². The Bertz CT molecular complexity index is 441. The molecule has 0 aliphatic rings. The Kier molecular flexibility index (Phi) is 2.40. The molecule has 0 fully saturated rings. The van der Waals surface area contributed by atoms with Crippen LogP contribution >= 0.6 is 0 Å². The quantitative estimate of drug-likeness (QED) is 0.801. The van der Waals surface area contributed by atoms with Crippen LogP contribution in [0.2, 0.25) is 0 Å². The van der Waals surface area contributed by atoms with Gasteiger partial charge in [-0.25, -0.2) is 14.6 Å². The average molecular weight is 206 g/mol. The largest absolute Gasteiger partial charge is 0.367 e. The molecule has 0 aliphatic heterocycles. The monoisotopic (exact) mass is 206 g/mol. The highest BCUT2D eigenvalue weighted by atomic mass is 15.4. The lowest BCUT2D eigenvalue weighted by Gasteiger charge is -2.10. The van der Waals surface area contributed by atoms with Crippen molar-refractivity contribution in [3.8, 4) is 0 Å². The first kappa shape index (κ1) is 9.70. The van der Waals surface area contributed by atoms with Crippen LogP contribution < -0.4 is 5.73 Å². The van der Waals surface area contributed by atoms with Crippen molar-refractivity contribution in [2.24, 2.45) is 0 Å². The van der Waals surface area contributed by atoms with E-state index in [9.17, 15) is 0 Å². The minimum absolute atomic E-state index is 0.289. The molecule has 2 N–H and O–H groups in total. The molecule has 0 bridgehead atoms. The van der Waals surface area contributed by atoms with Gasteiger partial charge in [-0.05, 0) is 13.8 Å². The predicted octanol–water partition coefficient (Wildman–Crippen LogP) is 0.686. The van der Waals surface area contributed by atoms with Crippen molar-refractivity contribution in [2.75, 3.05) is 5.73 Å². The van der Waals surface area contributed by atoms with Gasteiger partial charge >= 0.3 is 0 Å². The van der Waals surface area contributed by atoms with Gasteiger partial charge in [-0.15, -0.1) is 5.10 Å². The van der Waals surface area contributed by atoms with Crippen molar-refractivity contribution in [2.45, 2.75) is 26.4 Å². The second-order valence-corrected chi connectivity index (χ2v) is 3.64. The van der Waals surface area contributed by atoms with Gasteiger partial charge in [0.2, 0.25) is 5.95 Å². The number of rotatable bonds is 3. The molecular formula is C9H14N6. The SMILES string of the molecule is CC(C)n1ccnc1Cn1cnc(N)n1. The molecule has 0 unspecified atom stereocenters. The Morgan fingerprint density at radius 3 is 2.80 bits per heavy atom. The van der Waals surface area contributed by atoms with E-state index in [-0.39, 0.29) is 5.95 Å². The van der Waals surface area contributed by atoms with Crippen LogP contribution in [0.5, 0.6) is 0 Å². The smallest absolute Gasteiger partial charge is 0.239 e. The van der Waals surface area contributed by atoms with Crippen molar-refractivity contribution in [1.82, 2.24) is 24.3 Å². The number of aromatic nitrogens is 5. The Morgan fingerprint density at radius 1 is 1.40 bits per heavy atom. The van der Waals surface area contributed by atoms with Gasteiger partial charge in [0, 0.05) is 18.4 Å². The Morgan fingerprint density at radius 2 is 2.20 bits per heavy atom. The van der Waals surface area contributed by atoms with E-state index in [1.807, 2.05) is 6.20 Å². The molecule has 2 aromatic heterocycles. The van der Waals surface area contributed by atoms with Crippen molar-refractivity contribution in [3.05, 3.63) is 24.5 Å². The highest BCUT2D eigenvalue weighted by Gasteiger charge is 2.07. The van der Waals surface area contributed by atoms with E-state index in [0.717, 1.165) is 5.82 Å². The van der Waals surface area contributed by atoms with Gasteiger partial charge in [-0.2, -0.15) is 0 Å². The first-order valence-electron chi connectivity index (χ1n) is 4.83. The molecule has 15 heavy (non-hydrogen) atoms. The molecule has 6 heteroatoms. The number of hydrogen-bond acceptors (Lipinski definition) is 4. The molecule has 2 heterocycles. The van der Waals surface area contributed by atoms with Gasteiger partial charge < -0.3 is 10.3 Å². The maximum atomic E-state index is 5.44. The molecular weight excluding hydrogens is 192 g/mol. The minimum Gasteiger partial charge on any atom is -0.367 e. The second kappa shape index (κ2) is 3.72. The third-order valence-corrected chi connectivity index (χ3v) is 2.16. The van der Waals surface area contributed by atoms with Crippen LogP contribution in [-0.4, -0.2) is 24.3 Å². The molecule has 6 nitrogen and oxygen atoms in total. The van der Waals surface area contributed by atoms with E-state index >= 15 is 0 Å². The zero-order valence-electron chi connectivity index (χ0n) is 8.83. The molecule has 0 saturated carbocycles. The summed E-state index contributed by atoms with van der Waals surface area (Å²) in [5, 5.41) is 4.02. The summed E-state index contributed by atoms with van der Waals surface area (Å²) in [6.45, 7) is 4.82. The standard InChI is InChI=1S/C9H14N6/c1-7(2)15-4-3-11-8(15)5-14-6-12-9(10)13-14/h3-4,6-7H,5H2,1-2H3,(H2,10,13). The van der Waals surface area contributed by atoms with Crippen LogP contribution in [0.1, 0.15) is 25.7 Å². The van der Waals surface area contributed by atoms with E-state index in [0.29, 0.717) is 12.6 Å². The Labute approximate surface area is 87.8 Å². The fraction of sp³-hybridized carbons (Fsp3) is 0.444. The maximum Gasteiger partial charge on any atom is 0.239 e. The first-order valence-corrected chi connectivity index (χ1v) is 4.83. The summed E-state index contributed by atoms with van der Waals surface area (Å²) in [5.74, 6) is 1.24. The van der Waals surface area contributed by atoms with E-state index in [1.165, 1.54) is 0 Å². The van der Waals surface area contributed by atoms with Gasteiger partial charge in [0.05, 0.1) is 0 Å². The Hall–Kier alpha value is -1.85. The lowest BCUT2D eigenvalue weighted by atomic mass is 10.4. The average Bonchev–Trinajstić information content (AvgIpc) is 2.75. The highest BCUT2D eigenvalue weighted by molar-refractivity contribution is 5.09. The van der Waals surface area contributed by atoms with Crippen molar-refractivity contribution >= 4 is 5.95 Å². The number of anilines is 1. The topological polar surface area (TPSA) is 74.5 Å². The fourth-order valence-corrected chi connectivity index (χ4v) is 1.47. The van der Waals surface area contributed by atoms with Crippen LogP contribution in [0, 0.1) is 0 Å². The van der Waals surface area contributed by atoms with Crippen LogP contribution in [0.25, 0.3) is 0 Å². The van der Waals surface area contributed by atoms with E-state index in [1.54, 1.807) is 17.2 Å². The summed E-state index contributed by atoms with van der Waals surface area (Å²) in [6.07, 6.45) is 5.35. The summed E-state index contributed by atoms with van der Waals surface area (Å²) in [5.41, 5.74) is 5.44. The number of imidazole rings is 1. The van der Waals surface area contributed by atoms with Gasteiger partial charge in [0.1, 0.15) is 18.7 Å². The molecule has 80 valence electrons. The molecule has 2 aromatic rings. The number of nitrogens with zero attached hydrogens (tertiary/aromatic N) is 5. The molecule has 0 amide bonds. The molecule has 0 saturated heterocycles. The van der Waals surface area contributed by atoms with Crippen LogP contribution in [0.4, 0.5) is 5.95 Å². The highest BCUT2D eigenvalue weighted by Crippen LogP contribution is 2.08. The number of hydrogen-bond donors (Lipinski definition) is 1. The van der Waals surface area contributed by atoms with Gasteiger partial charge in [0.15, 0.2) is 0 Å². The third kappa shape index (κ3) is 1.98. The molecule has 0 aliphatic carbocycles. The predicted molar refractivity (Wildman–Crippen MR) is 56.1 cm³/mol. The summed E-state index contributed by atoms with van der Waals surface area (Å²) < 4.78 is 3.77. The minimum atomic E-state index is 0.289. The van der Waals surface area contributed by atoms with Crippen LogP contribution in [0.3, 0.4) is 0 Å². The van der Waals surface area contributed by atoms with E-state index in [4.69, 9.17) is 5.73 Å². The fourth-order valence-electron chi connectivity index (χ4n) is 1.47. The Balaban J connectivity index is 2.20. The zero-order valence-corrected chi connectivity index (χ0v) is 8.83. The molecule has 2 rings (SSSR count). The van der Waals surface area contributed by atoms with Crippen molar-refractivity contribution in [1.29, 1.82) is 0 Å². The van der Waals surface area contributed by atoms with Crippen LogP contribution in [-0.2, 0) is 6.54 Å². The normalized spacial score (nSPS) is 11.1. The summed E-state index contributed by atoms with van der Waals surface area (Å²) in [7, 11) is 0. The van der Waals surface area contributed by atoms with Crippen LogP contribution in [0.15, 0.2) is 18.7 Å². The first-order chi connectivity index (χ1) is 7.16. The second-order valence-electron chi connectivity index (χ2n) is 3.64. The lowest BCUT2D eigenvalue weighted by Crippen LogP contribution is -2.10. The molecule has 0 aromatic carbocycles. The van der Waals surface area contributed by atoms with E-state index < -0.39 is 0 Å². The third-order valence-electron chi connectivity index (χ3n) is 2.16. The van der Waals surface area contributed by atoms with Gasteiger partial charge in [0.25, 0.3) is 0 Å².